The lowest BCUT2D eigenvalue weighted by atomic mass is 10.1. The van der Waals surface area contributed by atoms with Gasteiger partial charge in [0.15, 0.2) is 0 Å². The van der Waals surface area contributed by atoms with Gasteiger partial charge in [0.05, 0.1) is 10.3 Å². The van der Waals surface area contributed by atoms with Gasteiger partial charge in [0.1, 0.15) is 5.82 Å². The van der Waals surface area contributed by atoms with Gasteiger partial charge in [0, 0.05) is 43.3 Å². The smallest absolute Gasteiger partial charge is 0.277 e. The van der Waals surface area contributed by atoms with Crippen molar-refractivity contribution in [1.82, 2.24) is 10.3 Å². The largest absolute Gasteiger partial charge is 0.354 e. The second kappa shape index (κ2) is 5.05. The van der Waals surface area contributed by atoms with Gasteiger partial charge in [-0.25, -0.2) is 4.98 Å². The molecule has 1 saturated heterocycles. The van der Waals surface area contributed by atoms with Gasteiger partial charge < -0.3 is 10.2 Å². The zero-order valence-corrected chi connectivity index (χ0v) is 11.3. The van der Waals surface area contributed by atoms with Gasteiger partial charge in [0.2, 0.25) is 0 Å². The van der Waals surface area contributed by atoms with Crippen molar-refractivity contribution in [2.24, 2.45) is 0 Å². The van der Waals surface area contributed by atoms with Crippen molar-refractivity contribution in [2.75, 3.05) is 31.1 Å². The average molecular weight is 272 g/mol. The van der Waals surface area contributed by atoms with E-state index in [4.69, 9.17) is 0 Å². The van der Waals surface area contributed by atoms with Crippen LogP contribution < -0.4 is 10.2 Å². The minimum absolute atomic E-state index is 0.143. The van der Waals surface area contributed by atoms with Gasteiger partial charge in [0.25, 0.3) is 5.69 Å². The zero-order chi connectivity index (χ0) is 14.1. The molecule has 1 aromatic heterocycles. The topological polar surface area (TPSA) is 71.3 Å². The van der Waals surface area contributed by atoms with Gasteiger partial charge in [-0.1, -0.05) is 12.1 Å². The number of piperazine rings is 1. The predicted molar refractivity (Wildman–Crippen MR) is 78.2 cm³/mol. The van der Waals surface area contributed by atoms with E-state index < -0.39 is 0 Å². The third-order valence-electron chi connectivity index (χ3n) is 3.57. The molecule has 1 aliphatic rings. The van der Waals surface area contributed by atoms with Crippen LogP contribution in [0.2, 0.25) is 0 Å². The Morgan fingerprint density at radius 1 is 1.30 bits per heavy atom. The third-order valence-corrected chi connectivity index (χ3v) is 3.57. The number of nitro groups is 1. The van der Waals surface area contributed by atoms with E-state index in [1.54, 1.807) is 18.2 Å². The number of nitro benzene ring substituents is 1. The van der Waals surface area contributed by atoms with E-state index in [0.29, 0.717) is 5.39 Å². The van der Waals surface area contributed by atoms with E-state index in [1.807, 2.05) is 13.0 Å². The van der Waals surface area contributed by atoms with Crippen LogP contribution in [0.25, 0.3) is 10.8 Å². The number of pyridine rings is 1. The molecule has 6 heteroatoms. The molecule has 1 fully saturated rings. The second-order valence-electron chi connectivity index (χ2n) is 4.95. The monoisotopic (exact) mass is 272 g/mol. The van der Waals surface area contributed by atoms with Crippen molar-refractivity contribution in [3.05, 3.63) is 40.1 Å². The van der Waals surface area contributed by atoms with Gasteiger partial charge >= 0.3 is 0 Å². The van der Waals surface area contributed by atoms with Crippen LogP contribution >= 0.6 is 0 Å². The van der Waals surface area contributed by atoms with Crippen molar-refractivity contribution in [1.29, 1.82) is 0 Å². The molecule has 1 N–H and O–H groups in total. The Hall–Kier alpha value is -2.21. The summed E-state index contributed by atoms with van der Waals surface area (Å²) in [6.07, 6.45) is 0. The normalized spacial score (nSPS) is 15.6. The number of benzene rings is 1. The van der Waals surface area contributed by atoms with Gasteiger partial charge in [-0.3, -0.25) is 10.1 Å². The van der Waals surface area contributed by atoms with Crippen LogP contribution in [0.4, 0.5) is 11.5 Å². The van der Waals surface area contributed by atoms with Gasteiger partial charge in [-0.15, -0.1) is 0 Å². The fraction of sp³-hybridized carbons (Fsp3) is 0.357. The minimum Gasteiger partial charge on any atom is -0.354 e. The van der Waals surface area contributed by atoms with Crippen LogP contribution in [0.5, 0.6) is 0 Å². The van der Waals surface area contributed by atoms with E-state index in [2.05, 4.69) is 15.2 Å². The lowest BCUT2D eigenvalue weighted by Gasteiger charge is -2.29. The highest BCUT2D eigenvalue weighted by Gasteiger charge is 2.19. The maximum absolute atomic E-state index is 11.2. The summed E-state index contributed by atoms with van der Waals surface area (Å²) in [4.78, 5) is 17.6. The molecule has 104 valence electrons. The molecule has 20 heavy (non-hydrogen) atoms. The summed E-state index contributed by atoms with van der Waals surface area (Å²) < 4.78 is 0. The number of nitrogens with zero attached hydrogens (tertiary/aromatic N) is 3. The number of anilines is 1. The second-order valence-corrected chi connectivity index (χ2v) is 4.95. The lowest BCUT2D eigenvalue weighted by Crippen LogP contribution is -2.44. The average Bonchev–Trinajstić information content (AvgIpc) is 2.46. The number of rotatable bonds is 2. The minimum atomic E-state index is -0.330. The first-order valence-corrected chi connectivity index (χ1v) is 6.67. The fourth-order valence-electron chi connectivity index (χ4n) is 2.65. The summed E-state index contributed by atoms with van der Waals surface area (Å²) in [5.74, 6) is 0.852. The highest BCUT2D eigenvalue weighted by Crippen LogP contribution is 2.32. The molecule has 2 heterocycles. The van der Waals surface area contributed by atoms with E-state index in [9.17, 15) is 10.1 Å². The molecule has 3 rings (SSSR count). The number of aromatic nitrogens is 1. The van der Waals surface area contributed by atoms with Gasteiger partial charge in [-0.05, 0) is 13.0 Å². The summed E-state index contributed by atoms with van der Waals surface area (Å²) in [6.45, 7) is 5.43. The SMILES string of the molecule is Cc1cc2c([N+](=O)[O-])cccc2c(N2CCNCC2)n1. The maximum Gasteiger partial charge on any atom is 0.277 e. The van der Waals surface area contributed by atoms with Crippen LogP contribution in [0.3, 0.4) is 0 Å². The van der Waals surface area contributed by atoms with E-state index in [-0.39, 0.29) is 10.6 Å². The molecule has 0 atom stereocenters. The molecule has 1 aliphatic heterocycles. The summed E-state index contributed by atoms with van der Waals surface area (Å²) in [5, 5.41) is 16.0. The highest BCUT2D eigenvalue weighted by molar-refractivity contribution is 5.98. The first-order chi connectivity index (χ1) is 9.66. The molecular formula is C14H16N4O2. The molecule has 0 saturated carbocycles. The number of nitrogens with one attached hydrogen (secondary N) is 1. The first-order valence-electron chi connectivity index (χ1n) is 6.67. The van der Waals surface area contributed by atoms with Crippen LogP contribution in [0.1, 0.15) is 5.69 Å². The van der Waals surface area contributed by atoms with Gasteiger partial charge in [-0.2, -0.15) is 0 Å². The number of fused-ring (bicyclic) bond motifs is 1. The summed E-state index contributed by atoms with van der Waals surface area (Å²) in [5.41, 5.74) is 0.949. The molecule has 0 bridgehead atoms. The summed E-state index contributed by atoms with van der Waals surface area (Å²) >= 11 is 0. The first kappa shape index (κ1) is 12.8. The Kier molecular flexibility index (Phi) is 3.23. The molecule has 1 aromatic carbocycles. The Morgan fingerprint density at radius 3 is 2.75 bits per heavy atom. The highest BCUT2D eigenvalue weighted by atomic mass is 16.6. The number of non-ortho nitro benzene ring substituents is 1. The lowest BCUT2D eigenvalue weighted by molar-refractivity contribution is -0.383. The molecule has 2 aromatic rings. The molecule has 0 amide bonds. The van der Waals surface area contributed by atoms with E-state index in [0.717, 1.165) is 43.1 Å². The number of hydrogen-bond donors (Lipinski definition) is 1. The number of aryl methyl sites for hydroxylation is 1. The van der Waals surface area contributed by atoms with Crippen molar-refractivity contribution in [3.8, 4) is 0 Å². The van der Waals surface area contributed by atoms with Crippen molar-refractivity contribution in [2.45, 2.75) is 6.92 Å². The molecular weight excluding hydrogens is 256 g/mol. The predicted octanol–water partition coefficient (Wildman–Crippen LogP) is 1.86. The van der Waals surface area contributed by atoms with E-state index in [1.165, 1.54) is 0 Å². The Morgan fingerprint density at radius 2 is 2.05 bits per heavy atom. The Balaban J connectivity index is 2.21. The summed E-state index contributed by atoms with van der Waals surface area (Å²) in [6, 6.07) is 6.97. The quantitative estimate of drug-likeness (QED) is 0.667. The van der Waals surface area contributed by atoms with Crippen LogP contribution in [-0.2, 0) is 0 Å². The molecule has 0 radical (unpaired) electrons. The molecule has 0 aliphatic carbocycles. The Labute approximate surface area is 116 Å². The van der Waals surface area contributed by atoms with Crippen molar-refractivity contribution in [3.63, 3.8) is 0 Å². The maximum atomic E-state index is 11.2. The fourth-order valence-corrected chi connectivity index (χ4v) is 2.65. The molecule has 6 nitrogen and oxygen atoms in total. The molecule has 0 unspecified atom stereocenters. The van der Waals surface area contributed by atoms with Crippen LogP contribution in [-0.4, -0.2) is 36.1 Å². The van der Waals surface area contributed by atoms with Crippen LogP contribution in [0, 0.1) is 17.0 Å². The molecule has 0 spiro atoms. The van der Waals surface area contributed by atoms with Crippen LogP contribution in [0.15, 0.2) is 24.3 Å². The van der Waals surface area contributed by atoms with E-state index >= 15 is 0 Å². The zero-order valence-electron chi connectivity index (χ0n) is 11.3. The standard InChI is InChI=1S/C14H16N4O2/c1-10-9-12-11(3-2-4-13(12)18(19)20)14(16-10)17-7-5-15-6-8-17/h2-4,9,15H,5-8H2,1H3. The van der Waals surface area contributed by atoms with Crippen molar-refractivity contribution >= 4 is 22.3 Å². The van der Waals surface area contributed by atoms with Crippen molar-refractivity contribution < 1.29 is 4.92 Å². The number of hydrogen-bond acceptors (Lipinski definition) is 5. The Bertz CT molecular complexity index is 666. The summed E-state index contributed by atoms with van der Waals surface area (Å²) in [7, 11) is 0. The third kappa shape index (κ3) is 2.18.